The van der Waals surface area contributed by atoms with E-state index in [4.69, 9.17) is 23.2 Å². The average molecular weight is 325 g/mol. The maximum Gasteiger partial charge on any atom is 0.269 e. The molecule has 1 aromatic heterocycles. The molecule has 0 saturated carbocycles. The zero-order chi connectivity index (χ0) is 15.4. The third kappa shape index (κ3) is 3.90. The molecule has 2 aromatic rings. The summed E-state index contributed by atoms with van der Waals surface area (Å²) in [7, 11) is 0. The molecular weight excluding hydrogens is 315 g/mol. The van der Waals surface area contributed by atoms with Crippen LogP contribution in [0, 0.1) is 10.1 Å². The lowest BCUT2D eigenvalue weighted by Crippen LogP contribution is -2.01. The van der Waals surface area contributed by atoms with Crippen molar-refractivity contribution in [2.24, 2.45) is 5.10 Å². The lowest BCUT2D eigenvalue weighted by Gasteiger charge is -2.05. The van der Waals surface area contributed by atoms with Gasteiger partial charge in [-0.2, -0.15) is 5.10 Å². The number of pyridine rings is 1. The third-order valence-corrected chi connectivity index (χ3v) is 3.13. The number of rotatable bonds is 4. The maximum absolute atomic E-state index is 10.6. The molecule has 0 fully saturated rings. The Kier molecular flexibility index (Phi) is 4.72. The van der Waals surface area contributed by atoms with Gasteiger partial charge in [-0.3, -0.25) is 15.5 Å². The number of hydrogen-bond donors (Lipinski definition) is 1. The van der Waals surface area contributed by atoms with E-state index in [-0.39, 0.29) is 5.69 Å². The summed E-state index contributed by atoms with van der Waals surface area (Å²) < 4.78 is 0. The normalized spacial score (nSPS) is 11.3. The summed E-state index contributed by atoms with van der Waals surface area (Å²) in [4.78, 5) is 14.1. The van der Waals surface area contributed by atoms with Gasteiger partial charge in [-0.05, 0) is 30.7 Å². The zero-order valence-electron chi connectivity index (χ0n) is 10.9. The molecule has 0 aliphatic rings. The van der Waals surface area contributed by atoms with Crippen LogP contribution in [-0.4, -0.2) is 15.6 Å². The Bertz CT molecular complexity index is 702. The van der Waals surface area contributed by atoms with Gasteiger partial charge in [-0.15, -0.1) is 0 Å². The van der Waals surface area contributed by atoms with E-state index in [1.807, 2.05) is 0 Å². The summed E-state index contributed by atoms with van der Waals surface area (Å²) >= 11 is 11.7. The smallest absolute Gasteiger partial charge is 0.260 e. The van der Waals surface area contributed by atoms with Crippen molar-refractivity contribution >= 4 is 40.4 Å². The highest BCUT2D eigenvalue weighted by molar-refractivity contribution is 6.35. The van der Waals surface area contributed by atoms with Crippen LogP contribution >= 0.6 is 23.2 Å². The van der Waals surface area contributed by atoms with Gasteiger partial charge >= 0.3 is 0 Å². The van der Waals surface area contributed by atoms with Gasteiger partial charge in [0.1, 0.15) is 0 Å². The SMILES string of the molecule is C/C(=N/Nc1ncc(Cl)cc1Cl)c1ccc([N+](=O)[O-])cc1. The van der Waals surface area contributed by atoms with Crippen LogP contribution in [0.3, 0.4) is 0 Å². The number of anilines is 1. The molecule has 0 amide bonds. The van der Waals surface area contributed by atoms with Gasteiger partial charge in [0, 0.05) is 18.3 Å². The zero-order valence-corrected chi connectivity index (χ0v) is 12.4. The number of nitro groups is 1. The van der Waals surface area contributed by atoms with E-state index in [0.29, 0.717) is 21.6 Å². The largest absolute Gasteiger partial charge is 0.269 e. The first kappa shape index (κ1) is 15.2. The Hall–Kier alpha value is -2.18. The number of hydrogen-bond acceptors (Lipinski definition) is 5. The van der Waals surface area contributed by atoms with Crippen molar-refractivity contribution in [2.45, 2.75) is 6.92 Å². The standard InChI is InChI=1S/C13H10Cl2N4O2/c1-8(9-2-4-11(5-3-9)19(20)21)17-18-13-12(15)6-10(14)7-16-13/h2-7H,1H3,(H,16,18)/b17-8-. The summed E-state index contributed by atoms with van der Waals surface area (Å²) in [6, 6.07) is 7.63. The number of nitro benzene ring substituents is 1. The van der Waals surface area contributed by atoms with Gasteiger partial charge < -0.3 is 0 Å². The summed E-state index contributed by atoms with van der Waals surface area (Å²) in [5.74, 6) is 0.377. The Balaban J connectivity index is 2.15. The molecular formula is C13H10Cl2N4O2. The fraction of sp³-hybridized carbons (Fsp3) is 0.0769. The first-order valence-corrected chi connectivity index (χ1v) is 6.59. The molecule has 0 spiro atoms. The minimum absolute atomic E-state index is 0.0296. The molecule has 0 unspecified atom stereocenters. The predicted octanol–water partition coefficient (Wildman–Crippen LogP) is 4.13. The van der Waals surface area contributed by atoms with Crippen molar-refractivity contribution < 1.29 is 4.92 Å². The second-order valence-electron chi connectivity index (χ2n) is 4.10. The van der Waals surface area contributed by atoms with Crippen molar-refractivity contribution in [3.05, 3.63) is 62.3 Å². The molecule has 0 radical (unpaired) electrons. The topological polar surface area (TPSA) is 80.4 Å². The minimum Gasteiger partial charge on any atom is -0.260 e. The fourth-order valence-electron chi connectivity index (χ4n) is 1.52. The van der Waals surface area contributed by atoms with Gasteiger partial charge in [0.05, 0.1) is 20.7 Å². The molecule has 21 heavy (non-hydrogen) atoms. The summed E-state index contributed by atoms with van der Waals surface area (Å²) in [5.41, 5.74) is 4.14. The van der Waals surface area contributed by atoms with Crippen LogP contribution < -0.4 is 5.43 Å². The van der Waals surface area contributed by atoms with Gasteiger partial charge in [0.25, 0.3) is 5.69 Å². The van der Waals surface area contributed by atoms with Gasteiger partial charge in [0.15, 0.2) is 5.82 Å². The van der Waals surface area contributed by atoms with Crippen molar-refractivity contribution in [1.82, 2.24) is 4.98 Å². The lowest BCUT2D eigenvalue weighted by molar-refractivity contribution is -0.384. The van der Waals surface area contributed by atoms with Gasteiger partial charge in [-0.25, -0.2) is 4.98 Å². The Morgan fingerprint density at radius 2 is 2.00 bits per heavy atom. The molecule has 0 atom stereocenters. The molecule has 6 nitrogen and oxygen atoms in total. The number of nitrogens with one attached hydrogen (secondary N) is 1. The number of non-ortho nitro benzene ring substituents is 1. The first-order chi connectivity index (χ1) is 9.97. The summed E-state index contributed by atoms with van der Waals surface area (Å²) in [5, 5.41) is 15.5. The van der Waals surface area contributed by atoms with Crippen LogP contribution in [0.15, 0.2) is 41.6 Å². The monoisotopic (exact) mass is 324 g/mol. The van der Waals surface area contributed by atoms with E-state index in [1.54, 1.807) is 25.1 Å². The number of aromatic nitrogens is 1. The second kappa shape index (κ2) is 6.51. The van der Waals surface area contributed by atoms with E-state index in [1.165, 1.54) is 18.3 Å². The van der Waals surface area contributed by atoms with E-state index in [2.05, 4.69) is 15.5 Å². The summed E-state index contributed by atoms with van der Waals surface area (Å²) in [6.45, 7) is 1.76. The molecule has 8 heteroatoms. The predicted molar refractivity (Wildman–Crippen MR) is 83.2 cm³/mol. The highest BCUT2D eigenvalue weighted by Crippen LogP contribution is 2.22. The van der Waals surface area contributed by atoms with Crippen LogP contribution in [0.1, 0.15) is 12.5 Å². The third-order valence-electron chi connectivity index (χ3n) is 2.63. The van der Waals surface area contributed by atoms with Crippen LogP contribution in [0.5, 0.6) is 0 Å². The van der Waals surface area contributed by atoms with Crippen LogP contribution in [0.2, 0.25) is 10.0 Å². The maximum atomic E-state index is 10.6. The van der Waals surface area contributed by atoms with E-state index in [9.17, 15) is 10.1 Å². The molecule has 1 aromatic carbocycles. The van der Waals surface area contributed by atoms with Crippen molar-refractivity contribution in [1.29, 1.82) is 0 Å². The van der Waals surface area contributed by atoms with Crippen LogP contribution in [0.25, 0.3) is 0 Å². The van der Waals surface area contributed by atoms with Crippen LogP contribution in [-0.2, 0) is 0 Å². The van der Waals surface area contributed by atoms with Crippen LogP contribution in [0.4, 0.5) is 11.5 Å². The number of benzene rings is 1. The minimum atomic E-state index is -0.452. The van der Waals surface area contributed by atoms with Crippen molar-refractivity contribution in [3.63, 3.8) is 0 Å². The molecule has 108 valence electrons. The highest BCUT2D eigenvalue weighted by Gasteiger charge is 2.06. The molecule has 1 heterocycles. The molecule has 0 saturated heterocycles. The van der Waals surface area contributed by atoms with E-state index in [0.717, 1.165) is 5.56 Å². The van der Waals surface area contributed by atoms with E-state index < -0.39 is 4.92 Å². The Labute approximate surface area is 130 Å². The van der Waals surface area contributed by atoms with Crippen molar-refractivity contribution in [3.8, 4) is 0 Å². The molecule has 0 aliphatic carbocycles. The molecule has 1 N–H and O–H groups in total. The van der Waals surface area contributed by atoms with Crippen molar-refractivity contribution in [2.75, 3.05) is 5.43 Å². The number of hydrazone groups is 1. The number of halogens is 2. The van der Waals surface area contributed by atoms with E-state index >= 15 is 0 Å². The second-order valence-corrected chi connectivity index (χ2v) is 4.94. The van der Waals surface area contributed by atoms with Gasteiger partial charge in [-0.1, -0.05) is 23.2 Å². The van der Waals surface area contributed by atoms with Gasteiger partial charge in [0.2, 0.25) is 0 Å². The fourth-order valence-corrected chi connectivity index (χ4v) is 1.94. The Morgan fingerprint density at radius 3 is 2.57 bits per heavy atom. The first-order valence-electron chi connectivity index (χ1n) is 5.83. The molecule has 0 bridgehead atoms. The highest BCUT2D eigenvalue weighted by atomic mass is 35.5. The number of nitrogens with zero attached hydrogens (tertiary/aromatic N) is 3. The lowest BCUT2D eigenvalue weighted by atomic mass is 10.1. The molecule has 2 rings (SSSR count). The summed E-state index contributed by atoms with van der Waals surface area (Å²) in [6.07, 6.45) is 1.45. The quantitative estimate of drug-likeness (QED) is 0.520. The molecule has 0 aliphatic heterocycles. The Morgan fingerprint density at radius 1 is 1.33 bits per heavy atom. The average Bonchev–Trinajstić information content (AvgIpc) is 2.46.